The first-order chi connectivity index (χ1) is 8.29. The van der Waals surface area contributed by atoms with Crippen molar-refractivity contribution in [1.82, 2.24) is 10.6 Å². The molecule has 17 heavy (non-hydrogen) atoms. The van der Waals surface area contributed by atoms with Crippen molar-refractivity contribution < 1.29 is 9.53 Å². The quantitative estimate of drug-likeness (QED) is 0.827. The molecular weight excluding hydrogens is 216 g/mol. The van der Waals surface area contributed by atoms with E-state index in [0.717, 1.165) is 12.3 Å². The summed E-state index contributed by atoms with van der Waals surface area (Å²) >= 11 is 0. The largest absolute Gasteiger partial charge is 0.494 e. The number of carbonyl (C=O) groups excluding carboxylic acids is 1. The summed E-state index contributed by atoms with van der Waals surface area (Å²) in [6, 6.07) is 8.21. The fourth-order valence-electron chi connectivity index (χ4n) is 1.94. The molecule has 0 radical (unpaired) electrons. The lowest BCUT2D eigenvalue weighted by atomic mass is 10.1. The molecular formula is C13H18N2O2. The minimum Gasteiger partial charge on any atom is -0.494 e. The molecule has 1 fully saturated rings. The Kier molecular flexibility index (Phi) is 3.98. The fraction of sp³-hybridized carbons (Fsp3) is 0.462. The van der Waals surface area contributed by atoms with Crippen LogP contribution in [0.3, 0.4) is 0 Å². The maximum atomic E-state index is 11.2. The summed E-state index contributed by atoms with van der Waals surface area (Å²) in [5.74, 6) is 1.000. The Labute approximate surface area is 101 Å². The van der Waals surface area contributed by atoms with Gasteiger partial charge in [0, 0.05) is 25.6 Å². The number of benzene rings is 1. The normalized spacial score (nSPS) is 20.5. The third-order valence-corrected chi connectivity index (χ3v) is 2.84. The van der Waals surface area contributed by atoms with Crippen molar-refractivity contribution in [3.63, 3.8) is 0 Å². The zero-order chi connectivity index (χ0) is 12.1. The topological polar surface area (TPSA) is 50.4 Å². The van der Waals surface area contributed by atoms with Gasteiger partial charge in [0.25, 0.3) is 0 Å². The van der Waals surface area contributed by atoms with Gasteiger partial charge in [-0.2, -0.15) is 0 Å². The van der Waals surface area contributed by atoms with Gasteiger partial charge in [-0.1, -0.05) is 12.1 Å². The van der Waals surface area contributed by atoms with Crippen molar-refractivity contribution in [2.75, 3.05) is 19.7 Å². The van der Waals surface area contributed by atoms with Crippen LogP contribution < -0.4 is 15.4 Å². The molecule has 1 amide bonds. The van der Waals surface area contributed by atoms with E-state index < -0.39 is 0 Å². The molecule has 92 valence electrons. The smallest absolute Gasteiger partial charge is 0.221 e. The van der Waals surface area contributed by atoms with Crippen molar-refractivity contribution in [3.05, 3.63) is 29.8 Å². The summed E-state index contributed by atoms with van der Waals surface area (Å²) in [5, 5.41) is 6.26. The first kappa shape index (κ1) is 11.9. The van der Waals surface area contributed by atoms with Crippen LogP contribution in [0, 0.1) is 0 Å². The molecule has 2 N–H and O–H groups in total. The Morgan fingerprint density at radius 3 is 2.82 bits per heavy atom. The maximum Gasteiger partial charge on any atom is 0.221 e. The second-order valence-electron chi connectivity index (χ2n) is 4.06. The van der Waals surface area contributed by atoms with Crippen LogP contribution in [0.15, 0.2) is 24.3 Å². The lowest BCUT2D eigenvalue weighted by molar-refractivity contribution is -0.120. The zero-order valence-corrected chi connectivity index (χ0v) is 10.0. The van der Waals surface area contributed by atoms with Crippen LogP contribution in [0.5, 0.6) is 5.75 Å². The van der Waals surface area contributed by atoms with Gasteiger partial charge < -0.3 is 15.4 Å². The Hall–Kier alpha value is -1.55. The lowest BCUT2D eigenvalue weighted by Gasteiger charge is -2.16. The van der Waals surface area contributed by atoms with Crippen LogP contribution >= 0.6 is 0 Å². The third-order valence-electron chi connectivity index (χ3n) is 2.84. The van der Waals surface area contributed by atoms with Crippen LogP contribution in [0.2, 0.25) is 0 Å². The van der Waals surface area contributed by atoms with Crippen molar-refractivity contribution in [2.45, 2.75) is 19.4 Å². The summed E-state index contributed by atoms with van der Waals surface area (Å²) in [6.45, 7) is 4.02. The average molecular weight is 234 g/mol. The SMILES string of the molecule is CCOc1ccc(C2CNC(=O)CCN2)cc1. The molecule has 4 nitrogen and oxygen atoms in total. The summed E-state index contributed by atoms with van der Waals surface area (Å²) in [6.07, 6.45) is 0.549. The van der Waals surface area contributed by atoms with E-state index in [0.29, 0.717) is 19.6 Å². The van der Waals surface area contributed by atoms with Crippen LogP contribution in [0.25, 0.3) is 0 Å². The molecule has 1 aromatic rings. The molecule has 1 aliphatic heterocycles. The molecule has 1 saturated heterocycles. The summed E-state index contributed by atoms with van der Waals surface area (Å²) in [5.41, 5.74) is 1.18. The first-order valence-corrected chi connectivity index (χ1v) is 6.02. The highest BCUT2D eigenvalue weighted by Crippen LogP contribution is 2.18. The summed E-state index contributed by atoms with van der Waals surface area (Å²) in [7, 11) is 0. The van der Waals surface area contributed by atoms with Crippen LogP contribution in [-0.2, 0) is 4.79 Å². The van der Waals surface area contributed by atoms with Gasteiger partial charge in [-0.15, -0.1) is 0 Å². The molecule has 0 spiro atoms. The summed E-state index contributed by atoms with van der Waals surface area (Å²) < 4.78 is 5.40. The molecule has 0 saturated carbocycles. The van der Waals surface area contributed by atoms with Crippen molar-refractivity contribution in [1.29, 1.82) is 0 Å². The monoisotopic (exact) mass is 234 g/mol. The zero-order valence-electron chi connectivity index (χ0n) is 10.0. The fourth-order valence-corrected chi connectivity index (χ4v) is 1.94. The van der Waals surface area contributed by atoms with E-state index in [4.69, 9.17) is 4.74 Å². The highest BCUT2D eigenvalue weighted by atomic mass is 16.5. The number of amides is 1. The molecule has 1 unspecified atom stereocenters. The Morgan fingerprint density at radius 2 is 2.12 bits per heavy atom. The maximum absolute atomic E-state index is 11.2. The van der Waals surface area contributed by atoms with Crippen LogP contribution in [0.4, 0.5) is 0 Å². The first-order valence-electron chi connectivity index (χ1n) is 6.02. The van der Waals surface area contributed by atoms with Crippen LogP contribution in [0.1, 0.15) is 24.9 Å². The molecule has 1 heterocycles. The standard InChI is InChI=1S/C13H18N2O2/c1-2-17-11-5-3-10(4-6-11)12-9-15-13(16)7-8-14-12/h3-6,12,14H,2,7-9H2,1H3,(H,15,16). The van der Waals surface area contributed by atoms with Gasteiger partial charge in [0.2, 0.25) is 5.91 Å². The number of ether oxygens (including phenoxy) is 1. The molecule has 0 aliphatic carbocycles. The van der Waals surface area contributed by atoms with Crippen molar-refractivity contribution in [2.24, 2.45) is 0 Å². The molecule has 1 aliphatic rings. The molecule has 1 aromatic carbocycles. The second-order valence-corrected chi connectivity index (χ2v) is 4.06. The second kappa shape index (κ2) is 5.68. The van der Waals surface area contributed by atoms with Gasteiger partial charge in [0.15, 0.2) is 0 Å². The number of hydrogen-bond acceptors (Lipinski definition) is 3. The highest BCUT2D eigenvalue weighted by molar-refractivity contribution is 5.76. The van der Waals surface area contributed by atoms with Crippen LogP contribution in [-0.4, -0.2) is 25.6 Å². The van der Waals surface area contributed by atoms with Gasteiger partial charge in [-0.3, -0.25) is 4.79 Å². The van der Waals surface area contributed by atoms with E-state index in [-0.39, 0.29) is 11.9 Å². The predicted molar refractivity (Wildman–Crippen MR) is 66.0 cm³/mol. The molecule has 2 rings (SSSR count). The predicted octanol–water partition coefficient (Wildman–Crippen LogP) is 1.24. The van der Waals surface area contributed by atoms with Gasteiger partial charge in [-0.25, -0.2) is 0 Å². The van der Waals surface area contributed by atoms with E-state index in [1.54, 1.807) is 0 Å². The van der Waals surface area contributed by atoms with E-state index in [1.165, 1.54) is 5.56 Å². The van der Waals surface area contributed by atoms with Crippen molar-refractivity contribution in [3.8, 4) is 5.75 Å². The molecule has 0 bridgehead atoms. The molecule has 4 heteroatoms. The van der Waals surface area contributed by atoms with Gasteiger partial charge >= 0.3 is 0 Å². The lowest BCUT2D eigenvalue weighted by Crippen LogP contribution is -2.28. The highest BCUT2D eigenvalue weighted by Gasteiger charge is 2.16. The van der Waals surface area contributed by atoms with Crippen molar-refractivity contribution >= 4 is 5.91 Å². The molecule has 1 atom stereocenters. The molecule has 0 aromatic heterocycles. The van der Waals surface area contributed by atoms with Gasteiger partial charge in [0.05, 0.1) is 6.61 Å². The van der Waals surface area contributed by atoms with E-state index in [2.05, 4.69) is 10.6 Å². The Bertz CT molecular complexity index is 376. The van der Waals surface area contributed by atoms with Gasteiger partial charge in [-0.05, 0) is 24.6 Å². The average Bonchev–Trinajstić information content (AvgIpc) is 2.56. The van der Waals surface area contributed by atoms with E-state index in [9.17, 15) is 4.79 Å². The van der Waals surface area contributed by atoms with E-state index in [1.807, 2.05) is 31.2 Å². The van der Waals surface area contributed by atoms with E-state index >= 15 is 0 Å². The third kappa shape index (κ3) is 3.20. The minimum atomic E-state index is 0.117. The number of nitrogens with one attached hydrogen (secondary N) is 2. The Morgan fingerprint density at radius 1 is 1.35 bits per heavy atom. The minimum absolute atomic E-state index is 0.117. The number of rotatable bonds is 3. The Balaban J connectivity index is 2.03. The number of carbonyl (C=O) groups is 1. The summed E-state index contributed by atoms with van der Waals surface area (Å²) in [4.78, 5) is 11.2. The number of hydrogen-bond donors (Lipinski definition) is 2. The van der Waals surface area contributed by atoms with Gasteiger partial charge in [0.1, 0.15) is 5.75 Å².